The van der Waals surface area contributed by atoms with Crippen molar-refractivity contribution in [3.8, 4) is 5.75 Å². The number of hydrogen-bond donors (Lipinski definition) is 1. The van der Waals surface area contributed by atoms with Crippen LogP contribution < -0.4 is 19.6 Å². The molecule has 0 saturated carbocycles. The molecule has 0 unspecified atom stereocenters. The maximum absolute atomic E-state index is 13.5. The fourth-order valence-electron chi connectivity index (χ4n) is 3.77. The summed E-state index contributed by atoms with van der Waals surface area (Å²) >= 11 is 1.25. The van der Waals surface area contributed by atoms with Crippen molar-refractivity contribution in [2.75, 3.05) is 13.7 Å². The van der Waals surface area contributed by atoms with Gasteiger partial charge in [0.05, 0.1) is 29.0 Å². The summed E-state index contributed by atoms with van der Waals surface area (Å²) in [5.41, 5.74) is 2.22. The predicted molar refractivity (Wildman–Crippen MR) is 126 cm³/mol. The maximum atomic E-state index is 13.5. The minimum Gasteiger partial charge on any atom is -0.482 e. The molecule has 2 aromatic carbocycles. The van der Waals surface area contributed by atoms with E-state index in [2.05, 4.69) is 4.99 Å². The Kier molecular flexibility index (Phi) is 6.74. The first-order valence-corrected chi connectivity index (χ1v) is 11.4. The summed E-state index contributed by atoms with van der Waals surface area (Å²) in [5, 5.41) is 8.74. The molecule has 1 N–H and O–H groups in total. The number of aliphatic carboxylic acids is 1. The average Bonchev–Trinajstić information content (AvgIpc) is 3.16. The molecule has 9 heteroatoms. The number of fused-ring (bicyclic) bond motifs is 1. The van der Waals surface area contributed by atoms with Crippen molar-refractivity contribution in [2.45, 2.75) is 19.4 Å². The first kappa shape index (κ1) is 23.2. The SMILES string of the molecule is CCC1=C(C(=O)OC)[C@@H](c2ccccc2)n2c(s/c(=C\c3ccc(OCC(=O)O)cc3)c2=O)=N1. The molecule has 0 spiro atoms. The Balaban J connectivity index is 1.83. The molecule has 0 bridgehead atoms. The predicted octanol–water partition coefficient (Wildman–Crippen LogP) is 2.26. The van der Waals surface area contributed by atoms with Gasteiger partial charge in [0.2, 0.25) is 0 Å². The summed E-state index contributed by atoms with van der Waals surface area (Å²) in [6.07, 6.45) is 2.25. The van der Waals surface area contributed by atoms with Gasteiger partial charge in [0.25, 0.3) is 5.56 Å². The molecule has 0 amide bonds. The highest BCUT2D eigenvalue weighted by Crippen LogP contribution is 2.31. The highest BCUT2D eigenvalue weighted by molar-refractivity contribution is 7.07. The standard InChI is InChI=1S/C25H22N2O6S/c1-3-18-21(24(31)32-2)22(16-7-5-4-6-8-16)27-23(30)19(34-25(27)26-18)13-15-9-11-17(12-10-15)33-14-20(28)29/h4-13,22H,3,14H2,1-2H3,(H,28,29)/b19-13-/t22-/m1/s1. The summed E-state index contributed by atoms with van der Waals surface area (Å²) in [7, 11) is 1.32. The largest absolute Gasteiger partial charge is 0.482 e. The van der Waals surface area contributed by atoms with Crippen LogP contribution in [0.3, 0.4) is 0 Å². The van der Waals surface area contributed by atoms with Gasteiger partial charge >= 0.3 is 11.9 Å². The summed E-state index contributed by atoms with van der Waals surface area (Å²) in [4.78, 5) is 42.1. The monoisotopic (exact) mass is 478 g/mol. The Bertz CT molecular complexity index is 1440. The quantitative estimate of drug-likeness (QED) is 0.522. The Morgan fingerprint density at radius 3 is 2.47 bits per heavy atom. The molecular formula is C25H22N2O6S. The zero-order valence-corrected chi connectivity index (χ0v) is 19.4. The number of esters is 1. The normalized spacial score (nSPS) is 15.5. The van der Waals surface area contributed by atoms with Crippen molar-refractivity contribution in [1.29, 1.82) is 0 Å². The zero-order valence-electron chi connectivity index (χ0n) is 18.6. The van der Waals surface area contributed by atoms with Gasteiger partial charge in [0, 0.05) is 0 Å². The van der Waals surface area contributed by atoms with Crippen molar-refractivity contribution in [3.63, 3.8) is 0 Å². The molecule has 1 atom stereocenters. The second kappa shape index (κ2) is 9.88. The van der Waals surface area contributed by atoms with E-state index in [0.717, 1.165) is 11.1 Å². The molecule has 34 heavy (non-hydrogen) atoms. The number of ether oxygens (including phenoxy) is 2. The Morgan fingerprint density at radius 1 is 1.15 bits per heavy atom. The summed E-state index contributed by atoms with van der Waals surface area (Å²) in [6, 6.07) is 15.5. The van der Waals surface area contributed by atoms with Gasteiger partial charge in [-0.2, -0.15) is 0 Å². The molecule has 4 rings (SSSR count). The third-order valence-electron chi connectivity index (χ3n) is 5.31. The Hall–Kier alpha value is -3.98. The van der Waals surface area contributed by atoms with Gasteiger partial charge in [0.1, 0.15) is 5.75 Å². The van der Waals surface area contributed by atoms with Crippen LogP contribution in [0.15, 0.2) is 75.7 Å². The van der Waals surface area contributed by atoms with Crippen LogP contribution in [0.1, 0.15) is 30.5 Å². The van der Waals surface area contributed by atoms with Gasteiger partial charge in [0.15, 0.2) is 11.4 Å². The van der Waals surface area contributed by atoms with E-state index in [9.17, 15) is 14.4 Å². The van der Waals surface area contributed by atoms with Gasteiger partial charge in [-0.3, -0.25) is 9.36 Å². The van der Waals surface area contributed by atoms with E-state index in [1.54, 1.807) is 34.9 Å². The lowest BCUT2D eigenvalue weighted by Crippen LogP contribution is -2.40. The number of rotatable bonds is 7. The third-order valence-corrected chi connectivity index (χ3v) is 6.29. The van der Waals surface area contributed by atoms with Crippen LogP contribution in [0, 0.1) is 0 Å². The van der Waals surface area contributed by atoms with Crippen LogP contribution in [-0.2, 0) is 14.3 Å². The van der Waals surface area contributed by atoms with Crippen molar-refractivity contribution >= 4 is 29.4 Å². The number of thiazole rings is 1. The molecule has 0 aliphatic carbocycles. The lowest BCUT2D eigenvalue weighted by atomic mass is 9.95. The van der Waals surface area contributed by atoms with Gasteiger partial charge in [-0.15, -0.1) is 0 Å². The number of nitrogens with zero attached hydrogens (tertiary/aromatic N) is 2. The first-order chi connectivity index (χ1) is 16.4. The van der Waals surface area contributed by atoms with Crippen LogP contribution >= 0.6 is 11.3 Å². The lowest BCUT2D eigenvalue weighted by molar-refractivity contribution is -0.139. The molecule has 0 radical (unpaired) electrons. The van der Waals surface area contributed by atoms with E-state index in [1.807, 2.05) is 37.3 Å². The van der Waals surface area contributed by atoms with Crippen LogP contribution in [-0.4, -0.2) is 35.3 Å². The number of allylic oxidation sites excluding steroid dienone is 1. The molecule has 0 saturated heterocycles. The highest BCUT2D eigenvalue weighted by Gasteiger charge is 2.33. The average molecular weight is 479 g/mol. The van der Waals surface area contributed by atoms with E-state index in [0.29, 0.717) is 32.8 Å². The third kappa shape index (κ3) is 4.55. The minimum atomic E-state index is -1.06. The smallest absolute Gasteiger partial charge is 0.341 e. The molecule has 1 aromatic heterocycles. The van der Waals surface area contributed by atoms with Crippen LogP contribution in [0.4, 0.5) is 0 Å². The second-order valence-corrected chi connectivity index (χ2v) is 8.46. The second-order valence-electron chi connectivity index (χ2n) is 7.45. The lowest BCUT2D eigenvalue weighted by Gasteiger charge is -2.25. The van der Waals surface area contributed by atoms with Gasteiger partial charge in [-0.1, -0.05) is 60.7 Å². The number of carboxylic acids is 1. The van der Waals surface area contributed by atoms with E-state index in [-0.39, 0.29) is 5.56 Å². The van der Waals surface area contributed by atoms with Crippen LogP contribution in [0.5, 0.6) is 5.75 Å². The molecule has 2 heterocycles. The molecule has 1 aliphatic heterocycles. The molecule has 3 aromatic rings. The highest BCUT2D eigenvalue weighted by atomic mass is 32.1. The summed E-state index contributed by atoms with van der Waals surface area (Å²) in [5.74, 6) is -1.16. The molecule has 1 aliphatic rings. The van der Waals surface area contributed by atoms with E-state index in [1.165, 1.54) is 18.4 Å². The first-order valence-electron chi connectivity index (χ1n) is 10.6. The van der Waals surface area contributed by atoms with Crippen molar-refractivity contribution in [3.05, 3.63) is 96.7 Å². The molecule has 0 fully saturated rings. The Labute approximate surface area is 198 Å². The topological polar surface area (TPSA) is 107 Å². The molecule has 174 valence electrons. The number of methoxy groups -OCH3 is 1. The van der Waals surface area contributed by atoms with Gasteiger partial charge in [-0.25, -0.2) is 14.6 Å². The molecule has 8 nitrogen and oxygen atoms in total. The summed E-state index contributed by atoms with van der Waals surface area (Å²) in [6.45, 7) is 1.48. The molecular weight excluding hydrogens is 456 g/mol. The van der Waals surface area contributed by atoms with Gasteiger partial charge < -0.3 is 14.6 Å². The number of aromatic nitrogens is 1. The van der Waals surface area contributed by atoms with Crippen LogP contribution in [0.2, 0.25) is 0 Å². The fraction of sp³-hybridized carbons (Fsp3) is 0.200. The zero-order chi connectivity index (χ0) is 24.2. The van der Waals surface area contributed by atoms with Crippen LogP contribution in [0.25, 0.3) is 6.08 Å². The van der Waals surface area contributed by atoms with Crippen molar-refractivity contribution in [2.24, 2.45) is 4.99 Å². The van der Waals surface area contributed by atoms with Gasteiger partial charge in [-0.05, 0) is 35.8 Å². The van der Waals surface area contributed by atoms with Crippen molar-refractivity contribution in [1.82, 2.24) is 4.57 Å². The minimum absolute atomic E-state index is 0.264. The fourth-order valence-corrected chi connectivity index (χ4v) is 4.79. The number of benzene rings is 2. The van der Waals surface area contributed by atoms with E-state index < -0.39 is 24.6 Å². The maximum Gasteiger partial charge on any atom is 0.341 e. The van der Waals surface area contributed by atoms with E-state index >= 15 is 0 Å². The summed E-state index contributed by atoms with van der Waals surface area (Å²) < 4.78 is 12.2. The van der Waals surface area contributed by atoms with E-state index in [4.69, 9.17) is 14.6 Å². The number of carbonyl (C=O) groups is 2. The number of hydrogen-bond acceptors (Lipinski definition) is 7. The van der Waals surface area contributed by atoms with Crippen molar-refractivity contribution < 1.29 is 24.2 Å². The Morgan fingerprint density at radius 2 is 1.85 bits per heavy atom. The number of carbonyl (C=O) groups excluding carboxylic acids is 1. The number of carboxylic acid groups (broad SMARTS) is 1.